The average molecular weight is 1900 g/mol. The predicted molar refractivity (Wildman–Crippen MR) is 607 cm³/mol. The van der Waals surface area contributed by atoms with Crippen molar-refractivity contribution in [1.29, 1.82) is 0 Å². The van der Waals surface area contributed by atoms with E-state index in [1.807, 2.05) is 0 Å². The second kappa shape index (κ2) is 30.8. The molecule has 24 aromatic rings. The number of aromatic nitrogens is 10. The fraction of sp³-hybridized carbons (Fsp3) is 0.220. The van der Waals surface area contributed by atoms with Gasteiger partial charge in [0.1, 0.15) is 36.3 Å². The van der Waals surface area contributed by atoms with E-state index in [0.717, 1.165) is 52.5 Å². The number of hydrogen-bond donors (Lipinski definition) is 0. The van der Waals surface area contributed by atoms with Crippen LogP contribution in [-0.2, 0) is 33.0 Å². The molecule has 15 heterocycles. The van der Waals surface area contributed by atoms with E-state index >= 15 is 0 Å². The van der Waals surface area contributed by atoms with Crippen LogP contribution in [0.1, 0.15) is 145 Å². The van der Waals surface area contributed by atoms with Gasteiger partial charge >= 0.3 is 0 Å². The second-order valence-electron chi connectivity index (χ2n) is 44.4. The van der Waals surface area contributed by atoms with Crippen molar-refractivity contribution in [1.82, 2.24) is 46.9 Å². The van der Waals surface area contributed by atoms with Crippen molar-refractivity contribution in [2.75, 3.05) is 0 Å². The van der Waals surface area contributed by atoms with E-state index < -0.39 is 32.3 Å². The monoisotopic (exact) mass is 1900 g/mol. The van der Waals surface area contributed by atoms with Gasteiger partial charge in [-0.05, 0) is 190 Å². The van der Waals surface area contributed by atoms with E-state index in [9.17, 15) is 0 Å². The summed E-state index contributed by atoms with van der Waals surface area (Å²) in [7, 11) is -8.59. The van der Waals surface area contributed by atoms with Crippen LogP contribution in [0.25, 0.3) is 137 Å². The molecule has 694 valence electrons. The quantitative estimate of drug-likeness (QED) is 0.129. The molecule has 10 aromatic heterocycles. The normalized spacial score (nSPS) is 16.3. The fourth-order valence-electron chi connectivity index (χ4n) is 28.2. The SMILES string of the molecule is Cc1nc2c3ccccc3c3c(C)ccc4c3n2c1C(C)(C)[Si]4(C)C.Cc1nc2c3ccccc3c3c(C)ccc4c3n2c1C(C)(C)[Si]4(c1ccccc1)c1ccccc1.Cc1nc2c3ccccc3c3c(C)ccc4c3n2c1CC4.Cc1nc2c3ccccc3c3c(C)ccc4c3n2c1[Si](C)(C)C4(C)C.Cc1nc2c3ccccc3c3c(C)ccc4c3n2c1[Si](c1ccccc1)(c1ccccc1)C4(C)C. The Bertz CT molecular complexity index is 9290. The first-order chi connectivity index (χ1) is 67.7. The molecule has 29 rings (SSSR count). The van der Waals surface area contributed by atoms with Gasteiger partial charge in [0.2, 0.25) is 0 Å². The lowest BCUT2D eigenvalue weighted by atomic mass is 9.93. The minimum Gasteiger partial charge on any atom is -0.300 e. The second-order valence-corrected chi connectivity index (χ2v) is 63.3. The van der Waals surface area contributed by atoms with Crippen LogP contribution >= 0.6 is 0 Å². The zero-order valence-electron chi connectivity index (χ0n) is 85.3. The first kappa shape index (κ1) is 88.4. The minimum atomic E-state index is -2.59. The Balaban J connectivity index is 0.0000000940. The minimum absolute atomic E-state index is 0.0994. The lowest BCUT2D eigenvalue weighted by molar-refractivity contribution is 0.679. The highest BCUT2D eigenvalue weighted by atomic mass is 28.3. The van der Waals surface area contributed by atoms with Gasteiger partial charge < -0.3 is 0 Å². The van der Waals surface area contributed by atoms with Crippen molar-refractivity contribution >= 4 is 211 Å². The van der Waals surface area contributed by atoms with Crippen LogP contribution in [0.4, 0.5) is 0 Å². The van der Waals surface area contributed by atoms with E-state index in [4.69, 9.17) is 24.9 Å². The highest BCUT2D eigenvalue weighted by molar-refractivity contribution is 7.15. The molecule has 0 N–H and O–H groups in total. The lowest BCUT2D eigenvalue weighted by Crippen LogP contribution is -2.79. The van der Waals surface area contributed by atoms with Gasteiger partial charge in [0.15, 0.2) is 16.1 Å². The van der Waals surface area contributed by atoms with Gasteiger partial charge in [0.25, 0.3) is 0 Å². The van der Waals surface area contributed by atoms with Crippen molar-refractivity contribution in [3.63, 3.8) is 0 Å². The molecule has 5 aliphatic rings. The summed E-state index contributed by atoms with van der Waals surface area (Å²) in [6, 6.07) is 113. The Labute approximate surface area is 828 Å². The van der Waals surface area contributed by atoms with Crippen molar-refractivity contribution in [2.45, 2.75) is 184 Å². The van der Waals surface area contributed by atoms with Crippen molar-refractivity contribution in [3.8, 4) is 0 Å². The Morgan fingerprint density at radius 3 is 0.943 bits per heavy atom. The summed E-state index contributed by atoms with van der Waals surface area (Å²) < 4.78 is 12.5. The topological polar surface area (TPSA) is 86.5 Å². The van der Waals surface area contributed by atoms with Gasteiger partial charge in [-0.3, -0.25) is 22.0 Å². The van der Waals surface area contributed by atoms with E-state index in [1.165, 1.54) is 224 Å². The van der Waals surface area contributed by atoms with Gasteiger partial charge in [0.05, 0.1) is 64.1 Å². The largest absolute Gasteiger partial charge is 0.300 e. The Hall–Kier alpha value is -14.0. The molecule has 0 bridgehead atoms. The van der Waals surface area contributed by atoms with Crippen LogP contribution in [0.2, 0.25) is 26.2 Å². The molecular formula is C127H120N10Si4. The zero-order valence-corrected chi connectivity index (χ0v) is 89.3. The molecular weight excluding hydrogens is 1780 g/mol. The first-order valence-electron chi connectivity index (χ1n) is 50.6. The van der Waals surface area contributed by atoms with Crippen LogP contribution in [-0.4, -0.2) is 79.2 Å². The van der Waals surface area contributed by atoms with E-state index in [0.29, 0.717) is 0 Å². The Morgan fingerprint density at radius 2 is 0.525 bits per heavy atom. The van der Waals surface area contributed by atoms with Crippen molar-refractivity contribution in [3.05, 3.63) is 393 Å². The Morgan fingerprint density at radius 1 is 0.227 bits per heavy atom. The molecule has 141 heavy (non-hydrogen) atoms. The summed E-state index contributed by atoms with van der Waals surface area (Å²) in [5.41, 5.74) is 33.6. The number of rotatable bonds is 4. The third-order valence-corrected chi connectivity index (χ3v) is 57.5. The molecule has 14 aromatic carbocycles. The number of fused-ring (bicyclic) bond motifs is 15. The number of hydrogen-bond acceptors (Lipinski definition) is 5. The number of benzene rings is 14. The van der Waals surface area contributed by atoms with Crippen LogP contribution in [0, 0.1) is 69.2 Å². The fourth-order valence-corrected chi connectivity index (χ4v) is 46.3. The summed E-state index contributed by atoms with van der Waals surface area (Å²) in [4.78, 5) is 25.6. The maximum absolute atomic E-state index is 5.33. The van der Waals surface area contributed by atoms with Gasteiger partial charge in [0, 0.05) is 96.7 Å². The summed E-state index contributed by atoms with van der Waals surface area (Å²) in [6.45, 7) is 51.9. The molecule has 0 aliphatic carbocycles. The summed E-state index contributed by atoms with van der Waals surface area (Å²) in [5.74, 6) is 0. The maximum Gasteiger partial charge on any atom is 0.181 e. The summed E-state index contributed by atoms with van der Waals surface area (Å²) >= 11 is 0. The highest BCUT2D eigenvalue weighted by Gasteiger charge is 2.61. The van der Waals surface area contributed by atoms with Crippen LogP contribution < -0.4 is 41.8 Å². The maximum atomic E-state index is 5.33. The Kier molecular flexibility index (Phi) is 19.3. The van der Waals surface area contributed by atoms with Crippen molar-refractivity contribution < 1.29 is 0 Å². The van der Waals surface area contributed by atoms with Gasteiger partial charge in [-0.15, -0.1) is 0 Å². The highest BCUT2D eigenvalue weighted by Crippen LogP contribution is 2.52. The third-order valence-electron chi connectivity index (χ3n) is 35.7. The zero-order chi connectivity index (χ0) is 97.5. The molecule has 10 nitrogen and oxygen atoms in total. The van der Waals surface area contributed by atoms with Crippen LogP contribution in [0.5, 0.6) is 0 Å². The molecule has 0 fully saturated rings. The lowest BCUT2D eigenvalue weighted by Gasteiger charge is -2.49. The van der Waals surface area contributed by atoms with Gasteiger partial charge in [-0.2, -0.15) is 0 Å². The molecule has 0 spiro atoms. The molecule has 0 amide bonds. The molecule has 0 atom stereocenters. The summed E-state index contributed by atoms with van der Waals surface area (Å²) in [6.07, 6.45) is 2.22. The summed E-state index contributed by atoms with van der Waals surface area (Å²) in [5, 5.41) is 31.7. The first-order valence-corrected chi connectivity index (χ1v) is 60.6. The van der Waals surface area contributed by atoms with E-state index in [-0.39, 0.29) is 20.2 Å². The third kappa shape index (κ3) is 11.5. The molecule has 14 heteroatoms. The number of nitrogens with zero attached hydrogens (tertiary/aromatic N) is 10. The van der Waals surface area contributed by atoms with Crippen LogP contribution in [0.15, 0.2) is 303 Å². The van der Waals surface area contributed by atoms with Crippen molar-refractivity contribution in [2.24, 2.45) is 0 Å². The van der Waals surface area contributed by atoms with Gasteiger partial charge in [-0.25, -0.2) is 24.9 Å². The molecule has 0 unspecified atom stereocenters. The number of pyridine rings is 5. The number of imidazole rings is 5. The molecule has 0 radical (unpaired) electrons. The van der Waals surface area contributed by atoms with E-state index in [2.05, 4.69) is 476 Å². The smallest absolute Gasteiger partial charge is 0.181 e. The molecule has 5 aliphatic heterocycles. The number of aryl methyl sites for hydroxylation is 12. The van der Waals surface area contributed by atoms with E-state index in [1.54, 1.807) is 5.19 Å². The predicted octanol–water partition coefficient (Wildman–Crippen LogP) is 25.5. The standard InChI is InChI=1S/2C32H28N2Si.2C22H24N2Si.C19H16N2/c1-21-19-20-27-29-28(21)25-17-11-12-18-26(25)30-33-22(2)31(34(29)30)35(32(27,3)4,23-13-7-5-8-14-23)24-15-9-6-10-16-24;1-21-19-20-27-29-28(21)25-17-11-12-18-26(25)31-33-22(2)30(34(29)31)32(3,4)35(27,23-13-7-5-8-14-23)24-15-9-6-10-16-24;1-13-11-12-17-19-18(13)15-9-7-8-10-16(15)20-23-14(2)21(24(19)20)25(5,6)22(17,3)4;1-13-11-12-17-19-18(13)15-9-7-8-10-16(15)21-23-14(2)20(24(19)21)22(3,4)25(17,5)6;1-11-7-8-13-9-10-16-12(2)20-19-15-6-4-3-5-14(15)17(11)18(13)21(16)19/h2*5-20H,1-4H3;2*7-12H,1-6H3;3-8H,9-10H2,1-2H3. The van der Waals surface area contributed by atoms with Crippen LogP contribution in [0.3, 0.4) is 0 Å². The van der Waals surface area contributed by atoms with Gasteiger partial charge in [-0.1, -0.05) is 385 Å². The average Bonchev–Trinajstić information content (AvgIpc) is 1.55. The molecule has 0 saturated heterocycles. The molecule has 0 saturated carbocycles.